The van der Waals surface area contributed by atoms with Crippen LogP contribution in [0.25, 0.3) is 45.6 Å². The predicted octanol–water partition coefficient (Wildman–Crippen LogP) is 17.2. The Bertz CT molecular complexity index is 2910. The summed E-state index contributed by atoms with van der Waals surface area (Å²) in [5, 5.41) is 0. The molecule has 0 amide bonds. The number of aryl methyl sites for hydroxylation is 8. The Labute approximate surface area is 382 Å². The van der Waals surface area contributed by atoms with Crippen molar-refractivity contribution in [3.05, 3.63) is 283 Å². The largest absolute Gasteiger partial charge is 0.0614 e. The summed E-state index contributed by atoms with van der Waals surface area (Å²) in [5.41, 5.74) is 25.9. The van der Waals surface area contributed by atoms with E-state index < -0.39 is 0 Å². The molecule has 0 saturated heterocycles. The molecule has 0 N–H and O–H groups in total. The van der Waals surface area contributed by atoms with Gasteiger partial charge in [-0.2, -0.15) is 0 Å². The quantitative estimate of drug-likeness (QED) is 0.0900. The highest BCUT2D eigenvalue weighted by Gasteiger charge is 2.28. The van der Waals surface area contributed by atoms with Crippen molar-refractivity contribution >= 4 is 45.6 Å². The maximum Gasteiger partial charge on any atom is -0.00140 e. The van der Waals surface area contributed by atoms with Gasteiger partial charge in [0.05, 0.1) is 0 Å². The fourth-order valence-electron chi connectivity index (χ4n) is 8.98. The zero-order valence-electron chi connectivity index (χ0n) is 38.6. The van der Waals surface area contributed by atoms with Crippen LogP contribution >= 0.6 is 0 Å². The molecule has 0 aromatic heterocycles. The molecule has 314 valence electrons. The monoisotopic (exact) mass is 826 g/mol. The Morgan fingerprint density at radius 2 is 0.453 bits per heavy atom. The van der Waals surface area contributed by atoms with E-state index in [0.29, 0.717) is 0 Å². The summed E-state index contributed by atoms with van der Waals surface area (Å²) in [6.45, 7) is 17.6. The topological polar surface area (TPSA) is 0 Å². The second kappa shape index (κ2) is 19.4. The van der Waals surface area contributed by atoms with Crippen molar-refractivity contribution in [3.63, 3.8) is 0 Å². The van der Waals surface area contributed by atoms with Crippen molar-refractivity contribution in [2.45, 2.75) is 55.4 Å². The SMILES string of the molecule is Cc1cccc(/C=C(/C(=C(/C(=C(/C(=C/c2cccc(C)c2)c2cccc(C)c2)c2cccc(C)c2)c2cccc(C)c2)c2cccc(C)c2)c2cccc(C)c2)c2cccc(C)c2)c1. The molecular weight excluding hydrogens is 769 g/mol. The summed E-state index contributed by atoms with van der Waals surface area (Å²) >= 11 is 0. The molecule has 8 aromatic rings. The molecule has 8 rings (SSSR count). The molecule has 0 aliphatic rings. The van der Waals surface area contributed by atoms with Crippen molar-refractivity contribution in [3.8, 4) is 0 Å². The summed E-state index contributed by atoms with van der Waals surface area (Å²) in [6.07, 6.45) is 4.83. The van der Waals surface area contributed by atoms with Crippen molar-refractivity contribution in [1.29, 1.82) is 0 Å². The van der Waals surface area contributed by atoms with E-state index in [0.717, 1.165) is 55.7 Å². The Balaban J connectivity index is 1.71. The molecule has 0 nitrogen and oxygen atoms in total. The lowest BCUT2D eigenvalue weighted by atomic mass is 9.75. The molecule has 0 fully saturated rings. The van der Waals surface area contributed by atoms with E-state index in [9.17, 15) is 0 Å². The molecule has 0 bridgehead atoms. The van der Waals surface area contributed by atoms with Gasteiger partial charge in [0.2, 0.25) is 0 Å². The average molecular weight is 827 g/mol. The zero-order valence-corrected chi connectivity index (χ0v) is 38.6. The summed E-state index contributed by atoms with van der Waals surface area (Å²) in [5.74, 6) is 0. The smallest absolute Gasteiger partial charge is 0.00140 e. The first-order valence-electron chi connectivity index (χ1n) is 22.5. The van der Waals surface area contributed by atoms with E-state index in [1.54, 1.807) is 0 Å². The third kappa shape index (κ3) is 10.2. The van der Waals surface area contributed by atoms with E-state index in [1.165, 1.54) is 66.8 Å². The van der Waals surface area contributed by atoms with Gasteiger partial charge in [-0.15, -0.1) is 0 Å². The Kier molecular flexibility index (Phi) is 13.2. The van der Waals surface area contributed by atoms with Crippen molar-refractivity contribution in [1.82, 2.24) is 0 Å². The van der Waals surface area contributed by atoms with Crippen LogP contribution in [0, 0.1) is 55.4 Å². The van der Waals surface area contributed by atoms with E-state index in [-0.39, 0.29) is 0 Å². The van der Waals surface area contributed by atoms with E-state index in [2.05, 4.69) is 262 Å². The van der Waals surface area contributed by atoms with Crippen LogP contribution < -0.4 is 0 Å². The van der Waals surface area contributed by atoms with Gasteiger partial charge in [-0.1, -0.05) is 239 Å². The summed E-state index contributed by atoms with van der Waals surface area (Å²) in [7, 11) is 0. The molecule has 0 heteroatoms. The number of allylic oxidation sites excluding steroid dienone is 6. The molecule has 0 radical (unpaired) electrons. The summed E-state index contributed by atoms with van der Waals surface area (Å²) in [6, 6.07) is 72.3. The van der Waals surface area contributed by atoms with Crippen molar-refractivity contribution < 1.29 is 0 Å². The minimum absolute atomic E-state index is 1.15. The summed E-state index contributed by atoms with van der Waals surface area (Å²) in [4.78, 5) is 0. The highest BCUT2D eigenvalue weighted by atomic mass is 14.3. The first-order valence-corrected chi connectivity index (χ1v) is 22.5. The van der Waals surface area contributed by atoms with Gasteiger partial charge in [-0.25, -0.2) is 0 Å². The fraction of sp³-hybridized carbons (Fsp3) is 0.125. The summed E-state index contributed by atoms with van der Waals surface area (Å²) < 4.78 is 0. The maximum atomic E-state index is 2.42. The molecule has 0 spiro atoms. The van der Waals surface area contributed by atoms with Crippen molar-refractivity contribution in [2.24, 2.45) is 0 Å². The van der Waals surface area contributed by atoms with Gasteiger partial charge in [0.25, 0.3) is 0 Å². The predicted molar refractivity (Wildman–Crippen MR) is 279 cm³/mol. The molecule has 0 heterocycles. The second-order valence-corrected chi connectivity index (χ2v) is 17.7. The van der Waals surface area contributed by atoms with E-state index >= 15 is 0 Å². The maximum absolute atomic E-state index is 2.42. The third-order valence-corrected chi connectivity index (χ3v) is 11.9. The Hall–Kier alpha value is -7.28. The molecule has 8 aromatic carbocycles. The number of hydrogen-bond acceptors (Lipinski definition) is 0. The minimum atomic E-state index is 1.15. The van der Waals surface area contributed by atoms with Crippen LogP contribution in [-0.4, -0.2) is 0 Å². The van der Waals surface area contributed by atoms with Crippen LogP contribution in [0.5, 0.6) is 0 Å². The van der Waals surface area contributed by atoms with Gasteiger partial charge in [0.15, 0.2) is 0 Å². The van der Waals surface area contributed by atoms with E-state index in [4.69, 9.17) is 0 Å². The Morgan fingerprint density at radius 3 is 0.719 bits per heavy atom. The molecular formula is C64H58. The van der Waals surface area contributed by atoms with Crippen LogP contribution in [0.2, 0.25) is 0 Å². The Morgan fingerprint density at radius 1 is 0.234 bits per heavy atom. The molecule has 0 unspecified atom stereocenters. The van der Waals surface area contributed by atoms with Crippen molar-refractivity contribution in [2.75, 3.05) is 0 Å². The lowest BCUT2D eigenvalue weighted by molar-refractivity contribution is 1.41. The van der Waals surface area contributed by atoms with Gasteiger partial charge in [0.1, 0.15) is 0 Å². The number of benzene rings is 8. The normalized spacial score (nSPS) is 12.8. The molecule has 0 aliphatic heterocycles. The fourth-order valence-corrected chi connectivity index (χ4v) is 8.98. The van der Waals surface area contributed by atoms with Crippen LogP contribution in [0.15, 0.2) is 194 Å². The molecule has 0 atom stereocenters. The average Bonchev–Trinajstić information content (AvgIpc) is 3.26. The van der Waals surface area contributed by atoms with Gasteiger partial charge in [-0.3, -0.25) is 0 Å². The van der Waals surface area contributed by atoms with Crippen LogP contribution in [0.4, 0.5) is 0 Å². The first-order chi connectivity index (χ1) is 31.0. The lowest BCUT2D eigenvalue weighted by Gasteiger charge is -2.28. The van der Waals surface area contributed by atoms with Gasteiger partial charge >= 0.3 is 0 Å². The standard InChI is InChI=1S/C64H58/c1-43-17-9-25-51(33-43)41-59(53-27-11-19-45(3)35-53)61(55-29-13-21-47(5)37-55)63(57-31-15-23-49(7)39-57)64(58-32-16-24-50(8)40-58)62(56-30-14-22-48(6)38-56)60(54-28-12-20-46(4)36-54)42-52-26-10-18-44(2)34-52/h9-42H,1-8H3/b59-41+,60-42+,63-61+,64-62+. The van der Waals surface area contributed by atoms with Gasteiger partial charge in [-0.05, 0) is 145 Å². The van der Waals surface area contributed by atoms with Gasteiger partial charge in [0, 0.05) is 0 Å². The van der Waals surface area contributed by atoms with Gasteiger partial charge < -0.3 is 0 Å². The molecule has 64 heavy (non-hydrogen) atoms. The highest BCUT2D eigenvalue weighted by Crippen LogP contribution is 2.51. The number of rotatable bonds is 11. The van der Waals surface area contributed by atoms with Crippen LogP contribution in [-0.2, 0) is 0 Å². The first kappa shape index (κ1) is 43.4. The molecule has 0 aliphatic carbocycles. The highest BCUT2D eigenvalue weighted by molar-refractivity contribution is 6.35. The van der Waals surface area contributed by atoms with Crippen LogP contribution in [0.3, 0.4) is 0 Å². The second-order valence-electron chi connectivity index (χ2n) is 17.7. The lowest BCUT2D eigenvalue weighted by Crippen LogP contribution is -2.05. The third-order valence-electron chi connectivity index (χ3n) is 11.9. The minimum Gasteiger partial charge on any atom is -0.0614 e. The molecule has 0 saturated carbocycles. The number of hydrogen-bond donors (Lipinski definition) is 0. The van der Waals surface area contributed by atoms with Crippen LogP contribution in [0.1, 0.15) is 89.0 Å². The zero-order chi connectivity index (χ0) is 44.7. The van der Waals surface area contributed by atoms with E-state index in [1.807, 2.05) is 0 Å².